The number of benzene rings is 9. The van der Waals surface area contributed by atoms with Crippen LogP contribution in [0, 0.1) is 0 Å². The van der Waals surface area contributed by atoms with E-state index in [0.717, 1.165) is 50.1 Å². The zero-order valence-corrected chi connectivity index (χ0v) is 28.4. The Kier molecular flexibility index (Phi) is 7.18. The molecule has 0 radical (unpaired) electrons. The molecule has 0 aliphatic heterocycles. The fraction of sp³-hybridized carbons (Fsp3) is 0. The lowest BCUT2D eigenvalue weighted by atomic mass is 9.96. The molecule has 9 aromatic carbocycles. The van der Waals surface area contributed by atoms with Crippen molar-refractivity contribution in [2.75, 3.05) is 4.90 Å². The fourth-order valence-corrected chi connectivity index (χ4v) is 7.65. The minimum atomic E-state index is 0.874. The van der Waals surface area contributed by atoms with Crippen LogP contribution in [0.3, 0.4) is 0 Å². The third-order valence-electron chi connectivity index (χ3n) is 10.2. The Hall–Kier alpha value is -6.90. The Balaban J connectivity index is 1.17. The highest BCUT2D eigenvalue weighted by atomic mass is 16.3. The van der Waals surface area contributed by atoms with E-state index >= 15 is 0 Å². The molecule has 0 bridgehead atoms. The van der Waals surface area contributed by atoms with Crippen molar-refractivity contribution in [3.63, 3.8) is 0 Å². The van der Waals surface area contributed by atoms with Gasteiger partial charge in [0.15, 0.2) is 0 Å². The molecule has 0 fully saturated rings. The summed E-state index contributed by atoms with van der Waals surface area (Å²) in [7, 11) is 0. The van der Waals surface area contributed by atoms with E-state index in [-0.39, 0.29) is 0 Å². The molecule has 0 spiro atoms. The van der Waals surface area contributed by atoms with Gasteiger partial charge in [0.25, 0.3) is 0 Å². The van der Waals surface area contributed by atoms with Crippen LogP contribution in [-0.2, 0) is 0 Å². The maximum atomic E-state index is 6.74. The van der Waals surface area contributed by atoms with E-state index in [1.165, 1.54) is 43.8 Å². The highest BCUT2D eigenvalue weighted by Crippen LogP contribution is 2.44. The van der Waals surface area contributed by atoms with Crippen LogP contribution in [0.2, 0.25) is 0 Å². The van der Waals surface area contributed by atoms with Crippen molar-refractivity contribution in [3.05, 3.63) is 200 Å². The normalized spacial score (nSPS) is 11.5. The van der Waals surface area contributed by atoms with E-state index in [1.54, 1.807) is 0 Å². The summed E-state index contributed by atoms with van der Waals surface area (Å²) in [4.78, 5) is 2.36. The lowest BCUT2D eigenvalue weighted by Gasteiger charge is -2.26. The first-order valence-corrected chi connectivity index (χ1v) is 17.8. The van der Waals surface area contributed by atoms with Crippen molar-refractivity contribution in [2.45, 2.75) is 0 Å². The Bertz CT molecular complexity index is 2870. The summed E-state index contributed by atoms with van der Waals surface area (Å²) in [5.41, 5.74) is 12.1. The average Bonchev–Trinajstić information content (AvgIpc) is 3.61. The standard InChI is InChI=1S/C50H33NO/c1-4-12-34(13-5-1)36-22-25-42(26-23-36)51(43-27-24-39-30-38(20-21-40(39)31-43)35-14-6-2-7-15-35)44-28-29-48-47(33-44)49-45-19-11-10-18-41(45)32-46(50(49)52-48)37-16-8-3-9-17-37/h1-33H. The molecule has 0 amide bonds. The minimum Gasteiger partial charge on any atom is -0.455 e. The van der Waals surface area contributed by atoms with Crippen molar-refractivity contribution < 1.29 is 4.42 Å². The van der Waals surface area contributed by atoms with Gasteiger partial charge in [-0.15, -0.1) is 0 Å². The molecule has 52 heavy (non-hydrogen) atoms. The van der Waals surface area contributed by atoms with Crippen molar-refractivity contribution in [1.82, 2.24) is 0 Å². The molecule has 0 saturated heterocycles. The molecule has 0 atom stereocenters. The summed E-state index contributed by atoms with van der Waals surface area (Å²) >= 11 is 0. The van der Waals surface area contributed by atoms with Gasteiger partial charge in [-0.2, -0.15) is 0 Å². The van der Waals surface area contributed by atoms with E-state index in [4.69, 9.17) is 4.42 Å². The Morgan fingerprint density at radius 2 is 0.865 bits per heavy atom. The van der Waals surface area contributed by atoms with Gasteiger partial charge in [0.05, 0.1) is 0 Å². The summed E-state index contributed by atoms with van der Waals surface area (Å²) in [6, 6.07) is 71.6. The molecule has 0 aliphatic rings. The van der Waals surface area contributed by atoms with E-state index < -0.39 is 0 Å². The zero-order valence-electron chi connectivity index (χ0n) is 28.4. The van der Waals surface area contributed by atoms with Gasteiger partial charge in [0.2, 0.25) is 0 Å². The first-order chi connectivity index (χ1) is 25.8. The number of hydrogen-bond donors (Lipinski definition) is 0. The Labute approximate surface area is 302 Å². The van der Waals surface area contributed by atoms with Crippen LogP contribution in [0.25, 0.3) is 76.9 Å². The van der Waals surface area contributed by atoms with Gasteiger partial charge in [-0.3, -0.25) is 0 Å². The molecule has 2 heteroatoms. The van der Waals surface area contributed by atoms with E-state index in [9.17, 15) is 0 Å². The summed E-state index contributed by atoms with van der Waals surface area (Å²) in [5, 5.41) is 7.02. The topological polar surface area (TPSA) is 16.4 Å². The smallest absolute Gasteiger partial charge is 0.143 e. The molecule has 244 valence electrons. The van der Waals surface area contributed by atoms with Crippen LogP contribution in [0.15, 0.2) is 205 Å². The van der Waals surface area contributed by atoms with E-state index in [0.29, 0.717) is 0 Å². The molecule has 0 N–H and O–H groups in total. The number of nitrogens with zero attached hydrogens (tertiary/aromatic N) is 1. The molecule has 0 saturated carbocycles. The van der Waals surface area contributed by atoms with Crippen molar-refractivity contribution in [3.8, 4) is 33.4 Å². The predicted octanol–water partition coefficient (Wildman–Crippen LogP) is 14.4. The largest absolute Gasteiger partial charge is 0.455 e. The number of anilines is 3. The second-order valence-electron chi connectivity index (χ2n) is 13.4. The highest BCUT2D eigenvalue weighted by molar-refractivity contribution is 6.23. The highest BCUT2D eigenvalue weighted by Gasteiger charge is 2.20. The van der Waals surface area contributed by atoms with Gasteiger partial charge >= 0.3 is 0 Å². The van der Waals surface area contributed by atoms with E-state index in [1.807, 2.05) is 0 Å². The zero-order chi connectivity index (χ0) is 34.4. The van der Waals surface area contributed by atoms with Crippen molar-refractivity contribution in [2.24, 2.45) is 0 Å². The van der Waals surface area contributed by atoms with Gasteiger partial charge in [0, 0.05) is 33.4 Å². The second-order valence-corrected chi connectivity index (χ2v) is 13.4. The second kappa shape index (κ2) is 12.5. The maximum Gasteiger partial charge on any atom is 0.143 e. The molecule has 1 heterocycles. The quantitative estimate of drug-likeness (QED) is 0.176. The van der Waals surface area contributed by atoms with Crippen molar-refractivity contribution in [1.29, 1.82) is 0 Å². The van der Waals surface area contributed by atoms with Crippen LogP contribution in [-0.4, -0.2) is 0 Å². The Morgan fingerprint density at radius 3 is 1.62 bits per heavy atom. The lowest BCUT2D eigenvalue weighted by Crippen LogP contribution is -2.09. The van der Waals surface area contributed by atoms with Crippen molar-refractivity contribution >= 4 is 60.5 Å². The minimum absolute atomic E-state index is 0.874. The third-order valence-corrected chi connectivity index (χ3v) is 10.2. The summed E-state index contributed by atoms with van der Waals surface area (Å²) < 4.78 is 6.74. The third kappa shape index (κ3) is 5.21. The average molecular weight is 664 g/mol. The SMILES string of the molecule is c1ccc(-c2ccc(N(c3ccc4cc(-c5ccccc5)ccc4c3)c3ccc4oc5c(-c6ccccc6)cc6ccccc6c5c4c3)cc2)cc1. The van der Waals surface area contributed by atoms with Gasteiger partial charge < -0.3 is 9.32 Å². The molecule has 2 nitrogen and oxygen atoms in total. The van der Waals surface area contributed by atoms with Crippen LogP contribution < -0.4 is 4.90 Å². The monoisotopic (exact) mass is 663 g/mol. The van der Waals surface area contributed by atoms with Gasteiger partial charge in [-0.05, 0) is 104 Å². The van der Waals surface area contributed by atoms with Crippen LogP contribution >= 0.6 is 0 Å². The van der Waals surface area contributed by atoms with Crippen LogP contribution in [0.1, 0.15) is 0 Å². The van der Waals surface area contributed by atoms with Crippen LogP contribution in [0.4, 0.5) is 17.1 Å². The first kappa shape index (κ1) is 30.0. The Morgan fingerprint density at radius 1 is 0.327 bits per heavy atom. The number of fused-ring (bicyclic) bond motifs is 6. The molecule has 10 rings (SSSR count). The summed E-state index contributed by atoms with van der Waals surface area (Å²) in [5.74, 6) is 0. The maximum absolute atomic E-state index is 6.74. The number of hydrogen-bond acceptors (Lipinski definition) is 2. The van der Waals surface area contributed by atoms with Gasteiger partial charge in [-0.1, -0.05) is 146 Å². The van der Waals surface area contributed by atoms with E-state index in [2.05, 4.69) is 205 Å². The molecule has 0 aliphatic carbocycles. The predicted molar refractivity (Wildman–Crippen MR) is 220 cm³/mol. The molecule has 0 unspecified atom stereocenters. The van der Waals surface area contributed by atoms with Gasteiger partial charge in [0.1, 0.15) is 11.2 Å². The molecule has 10 aromatic rings. The first-order valence-electron chi connectivity index (χ1n) is 17.8. The van der Waals surface area contributed by atoms with Gasteiger partial charge in [-0.25, -0.2) is 0 Å². The molecular weight excluding hydrogens is 631 g/mol. The molecule has 1 aromatic heterocycles. The van der Waals surface area contributed by atoms with Crippen LogP contribution in [0.5, 0.6) is 0 Å². The fourth-order valence-electron chi connectivity index (χ4n) is 7.65. The summed E-state index contributed by atoms with van der Waals surface area (Å²) in [6.07, 6.45) is 0. The number of rotatable bonds is 6. The summed E-state index contributed by atoms with van der Waals surface area (Å²) in [6.45, 7) is 0. The number of furan rings is 1. The molecular formula is C50H33NO. The lowest BCUT2D eigenvalue weighted by molar-refractivity contribution is 0.670.